The lowest BCUT2D eigenvalue weighted by molar-refractivity contribution is 0.0822. The van der Waals surface area contributed by atoms with Crippen molar-refractivity contribution in [1.29, 1.82) is 0 Å². The van der Waals surface area contributed by atoms with Crippen LogP contribution in [0, 0.1) is 5.92 Å². The highest BCUT2D eigenvalue weighted by atomic mass is 32.1. The third-order valence-electron chi connectivity index (χ3n) is 4.27. The maximum absolute atomic E-state index is 6.08. The van der Waals surface area contributed by atoms with Crippen LogP contribution in [0.1, 0.15) is 44.1 Å². The SMILES string of the molecule is CC(C)CCC(C)(CN)N1CCc2sccc2C1. The van der Waals surface area contributed by atoms with Gasteiger partial charge in [0.1, 0.15) is 0 Å². The fourth-order valence-corrected chi connectivity index (χ4v) is 3.59. The Morgan fingerprint density at radius 3 is 2.94 bits per heavy atom. The highest BCUT2D eigenvalue weighted by Gasteiger charge is 2.32. The Labute approximate surface area is 115 Å². The van der Waals surface area contributed by atoms with Gasteiger partial charge >= 0.3 is 0 Å². The van der Waals surface area contributed by atoms with Crippen LogP contribution in [0.4, 0.5) is 0 Å². The fourth-order valence-electron chi connectivity index (χ4n) is 2.70. The van der Waals surface area contributed by atoms with Gasteiger partial charge in [0.15, 0.2) is 0 Å². The van der Waals surface area contributed by atoms with E-state index in [4.69, 9.17) is 5.73 Å². The summed E-state index contributed by atoms with van der Waals surface area (Å²) in [5.41, 5.74) is 7.77. The number of nitrogens with two attached hydrogens (primary N) is 1. The molecule has 0 amide bonds. The normalized spacial score (nSPS) is 19.8. The number of rotatable bonds is 5. The van der Waals surface area contributed by atoms with Gasteiger partial charge in [0.05, 0.1) is 0 Å². The quantitative estimate of drug-likeness (QED) is 0.886. The third kappa shape index (κ3) is 2.95. The Morgan fingerprint density at radius 2 is 2.28 bits per heavy atom. The summed E-state index contributed by atoms with van der Waals surface area (Å²) >= 11 is 1.91. The van der Waals surface area contributed by atoms with E-state index in [0.29, 0.717) is 0 Å². The first-order valence-corrected chi connectivity index (χ1v) is 7.93. The molecule has 102 valence electrons. The minimum absolute atomic E-state index is 0.171. The van der Waals surface area contributed by atoms with Crippen LogP contribution >= 0.6 is 11.3 Å². The number of fused-ring (bicyclic) bond motifs is 1. The first-order chi connectivity index (χ1) is 8.55. The van der Waals surface area contributed by atoms with Gasteiger partial charge in [-0.05, 0) is 49.1 Å². The van der Waals surface area contributed by atoms with Crippen molar-refractivity contribution in [3.8, 4) is 0 Å². The average Bonchev–Trinajstić information content (AvgIpc) is 2.83. The van der Waals surface area contributed by atoms with E-state index >= 15 is 0 Å². The minimum atomic E-state index is 0.171. The molecule has 2 heterocycles. The van der Waals surface area contributed by atoms with Gasteiger partial charge in [-0.1, -0.05) is 13.8 Å². The van der Waals surface area contributed by atoms with Crippen molar-refractivity contribution in [1.82, 2.24) is 4.90 Å². The first kappa shape index (κ1) is 14.0. The molecule has 2 rings (SSSR count). The van der Waals surface area contributed by atoms with Crippen LogP contribution < -0.4 is 5.73 Å². The van der Waals surface area contributed by atoms with Crippen molar-refractivity contribution in [2.24, 2.45) is 11.7 Å². The summed E-state index contributed by atoms with van der Waals surface area (Å²) in [5.74, 6) is 0.761. The summed E-state index contributed by atoms with van der Waals surface area (Å²) in [6.07, 6.45) is 3.67. The molecule has 3 heteroatoms. The Balaban J connectivity index is 2.05. The Morgan fingerprint density at radius 1 is 1.50 bits per heavy atom. The maximum Gasteiger partial charge on any atom is 0.0307 e. The molecule has 1 aliphatic heterocycles. The second-order valence-electron chi connectivity index (χ2n) is 6.17. The first-order valence-electron chi connectivity index (χ1n) is 7.05. The van der Waals surface area contributed by atoms with Crippen LogP contribution in [0.3, 0.4) is 0 Å². The van der Waals surface area contributed by atoms with Gasteiger partial charge in [0.25, 0.3) is 0 Å². The van der Waals surface area contributed by atoms with E-state index in [1.165, 1.54) is 31.4 Å². The van der Waals surface area contributed by atoms with Gasteiger partial charge in [-0.25, -0.2) is 0 Å². The van der Waals surface area contributed by atoms with Crippen LogP contribution in [-0.4, -0.2) is 23.5 Å². The van der Waals surface area contributed by atoms with Crippen molar-refractivity contribution in [2.45, 2.75) is 52.1 Å². The summed E-state index contributed by atoms with van der Waals surface area (Å²) in [6, 6.07) is 2.28. The Hall–Kier alpha value is -0.380. The number of hydrogen-bond donors (Lipinski definition) is 1. The van der Waals surface area contributed by atoms with Gasteiger partial charge in [0, 0.05) is 30.1 Å². The molecule has 2 nitrogen and oxygen atoms in total. The van der Waals surface area contributed by atoms with Gasteiger partial charge in [-0.3, -0.25) is 4.90 Å². The Kier molecular flexibility index (Phi) is 4.46. The Bertz CT molecular complexity index is 386. The van der Waals surface area contributed by atoms with Gasteiger partial charge in [-0.15, -0.1) is 11.3 Å². The molecular formula is C15H26N2S. The molecular weight excluding hydrogens is 240 g/mol. The lowest BCUT2D eigenvalue weighted by Crippen LogP contribution is -2.53. The van der Waals surface area contributed by atoms with Crippen molar-refractivity contribution in [2.75, 3.05) is 13.1 Å². The van der Waals surface area contributed by atoms with Crippen LogP contribution in [0.25, 0.3) is 0 Å². The molecule has 1 aromatic rings. The van der Waals surface area contributed by atoms with E-state index in [9.17, 15) is 0 Å². The zero-order valence-corrected chi connectivity index (χ0v) is 12.7. The molecule has 0 saturated carbocycles. The molecule has 0 fully saturated rings. The van der Waals surface area contributed by atoms with E-state index in [0.717, 1.165) is 19.0 Å². The van der Waals surface area contributed by atoms with E-state index < -0.39 is 0 Å². The molecule has 0 bridgehead atoms. The molecule has 0 aromatic carbocycles. The minimum Gasteiger partial charge on any atom is -0.329 e. The highest BCUT2D eigenvalue weighted by Crippen LogP contribution is 2.31. The summed E-state index contributed by atoms with van der Waals surface area (Å²) in [5, 5.41) is 2.22. The third-order valence-corrected chi connectivity index (χ3v) is 5.29. The zero-order valence-electron chi connectivity index (χ0n) is 11.9. The smallest absolute Gasteiger partial charge is 0.0307 e. The topological polar surface area (TPSA) is 29.3 Å². The molecule has 0 radical (unpaired) electrons. The molecule has 2 N–H and O–H groups in total. The molecule has 1 aliphatic rings. The number of hydrogen-bond acceptors (Lipinski definition) is 3. The van der Waals surface area contributed by atoms with E-state index in [1.807, 2.05) is 11.3 Å². The molecule has 0 spiro atoms. The molecule has 0 aliphatic carbocycles. The fraction of sp³-hybridized carbons (Fsp3) is 0.733. The predicted molar refractivity (Wildman–Crippen MR) is 80.0 cm³/mol. The summed E-state index contributed by atoms with van der Waals surface area (Å²) in [7, 11) is 0. The van der Waals surface area contributed by atoms with Gasteiger partial charge in [-0.2, -0.15) is 0 Å². The molecule has 18 heavy (non-hydrogen) atoms. The summed E-state index contributed by atoms with van der Waals surface area (Å²) < 4.78 is 0. The zero-order chi connectivity index (χ0) is 13.2. The van der Waals surface area contributed by atoms with E-state index in [-0.39, 0.29) is 5.54 Å². The maximum atomic E-state index is 6.08. The van der Waals surface area contributed by atoms with Crippen LogP contribution in [0.2, 0.25) is 0 Å². The molecule has 0 saturated heterocycles. The van der Waals surface area contributed by atoms with E-state index in [2.05, 4.69) is 37.1 Å². The van der Waals surface area contributed by atoms with Crippen molar-refractivity contribution < 1.29 is 0 Å². The van der Waals surface area contributed by atoms with Crippen LogP contribution in [0.15, 0.2) is 11.4 Å². The second-order valence-corrected chi connectivity index (χ2v) is 7.17. The summed E-state index contributed by atoms with van der Waals surface area (Å²) in [4.78, 5) is 4.18. The predicted octanol–water partition coefficient (Wildman–Crippen LogP) is 3.26. The second kappa shape index (κ2) is 5.72. The van der Waals surface area contributed by atoms with Crippen molar-refractivity contribution in [3.05, 3.63) is 21.9 Å². The molecule has 1 unspecified atom stereocenters. The van der Waals surface area contributed by atoms with Gasteiger partial charge < -0.3 is 5.73 Å². The summed E-state index contributed by atoms with van der Waals surface area (Å²) in [6.45, 7) is 9.95. The van der Waals surface area contributed by atoms with Crippen LogP contribution in [0.5, 0.6) is 0 Å². The largest absolute Gasteiger partial charge is 0.329 e. The number of thiophene rings is 1. The van der Waals surface area contributed by atoms with Crippen molar-refractivity contribution >= 4 is 11.3 Å². The standard InChI is InChI=1S/C15H26N2S/c1-12(2)4-7-15(3,11-16)17-8-5-14-13(10-17)6-9-18-14/h6,9,12H,4-5,7-8,10-11,16H2,1-3H3. The van der Waals surface area contributed by atoms with E-state index in [1.54, 1.807) is 4.88 Å². The van der Waals surface area contributed by atoms with Gasteiger partial charge in [0.2, 0.25) is 0 Å². The lowest BCUT2D eigenvalue weighted by atomic mass is 9.88. The lowest BCUT2D eigenvalue weighted by Gasteiger charge is -2.43. The van der Waals surface area contributed by atoms with Crippen LogP contribution in [-0.2, 0) is 13.0 Å². The molecule has 1 aromatic heterocycles. The highest BCUT2D eigenvalue weighted by molar-refractivity contribution is 7.10. The molecule has 1 atom stereocenters. The average molecular weight is 266 g/mol. The number of nitrogens with zero attached hydrogens (tertiary/aromatic N) is 1. The monoisotopic (exact) mass is 266 g/mol. The van der Waals surface area contributed by atoms with Crippen molar-refractivity contribution in [3.63, 3.8) is 0 Å².